The van der Waals surface area contributed by atoms with Crippen LogP contribution in [-0.4, -0.2) is 42.2 Å². The molecule has 0 aromatic rings. The van der Waals surface area contributed by atoms with Crippen LogP contribution < -0.4 is 0 Å². The number of carbonyl (C=O) groups excluding carboxylic acids is 1. The second-order valence-corrected chi connectivity index (χ2v) is 5.89. The molecule has 1 saturated heterocycles. The van der Waals surface area contributed by atoms with Gasteiger partial charge in [0.15, 0.2) is 0 Å². The van der Waals surface area contributed by atoms with Crippen LogP contribution in [0.3, 0.4) is 0 Å². The number of piperidine rings is 1. The Labute approximate surface area is 116 Å². The van der Waals surface area contributed by atoms with E-state index in [0.717, 1.165) is 4.90 Å². The lowest BCUT2D eigenvalue weighted by Gasteiger charge is -2.38. The minimum atomic E-state index is -2.99. The summed E-state index contributed by atoms with van der Waals surface area (Å²) in [6.07, 6.45) is -0.419. The summed E-state index contributed by atoms with van der Waals surface area (Å²) in [5.41, 5.74) is 7.45. The van der Waals surface area contributed by atoms with Crippen molar-refractivity contribution >= 4 is 6.09 Å². The van der Waals surface area contributed by atoms with E-state index < -0.39 is 30.1 Å². The molecular weight excluding hydrogens is 270 g/mol. The van der Waals surface area contributed by atoms with E-state index in [1.54, 1.807) is 20.8 Å². The minimum absolute atomic E-state index is 0.0448. The summed E-state index contributed by atoms with van der Waals surface area (Å²) in [6.45, 7) is 4.69. The second kappa shape index (κ2) is 6.26. The summed E-state index contributed by atoms with van der Waals surface area (Å²) in [5, 5.41) is 3.28. The zero-order chi connectivity index (χ0) is 15.4. The smallest absolute Gasteiger partial charge is 0.410 e. The summed E-state index contributed by atoms with van der Waals surface area (Å²) in [7, 11) is 0. The maximum absolute atomic E-state index is 14.0. The highest BCUT2D eigenvalue weighted by Gasteiger charge is 2.45. The van der Waals surface area contributed by atoms with Crippen molar-refractivity contribution in [3.05, 3.63) is 10.4 Å². The van der Waals surface area contributed by atoms with Crippen molar-refractivity contribution in [3.63, 3.8) is 0 Å². The molecule has 1 aliphatic heterocycles. The lowest BCUT2D eigenvalue weighted by molar-refractivity contribution is -0.111. The van der Waals surface area contributed by atoms with Gasteiger partial charge in [0, 0.05) is 23.9 Å². The predicted molar refractivity (Wildman–Crippen MR) is 69.5 cm³/mol. The van der Waals surface area contributed by atoms with E-state index in [1.807, 2.05) is 0 Å². The highest BCUT2D eigenvalue weighted by Crippen LogP contribution is 2.35. The number of hydrogen-bond donors (Lipinski definition) is 0. The van der Waals surface area contributed by atoms with Crippen LogP contribution >= 0.6 is 0 Å². The van der Waals surface area contributed by atoms with Gasteiger partial charge in [0.05, 0.1) is 6.54 Å². The van der Waals surface area contributed by atoms with Gasteiger partial charge in [0.25, 0.3) is 5.92 Å². The first kappa shape index (κ1) is 16.5. The molecule has 1 atom stereocenters. The number of carbonyl (C=O) groups is 1. The summed E-state index contributed by atoms with van der Waals surface area (Å²) >= 11 is 0. The van der Waals surface area contributed by atoms with Gasteiger partial charge in [-0.1, -0.05) is 5.11 Å². The van der Waals surface area contributed by atoms with Gasteiger partial charge in [-0.25, -0.2) is 13.6 Å². The number of azide groups is 1. The molecule has 114 valence electrons. The van der Waals surface area contributed by atoms with Gasteiger partial charge in [0.2, 0.25) is 0 Å². The third-order valence-corrected chi connectivity index (χ3v) is 3.04. The largest absolute Gasteiger partial charge is 0.444 e. The van der Waals surface area contributed by atoms with Crippen LogP contribution in [0.5, 0.6) is 0 Å². The van der Waals surface area contributed by atoms with Gasteiger partial charge in [-0.3, -0.25) is 0 Å². The Hall–Kier alpha value is -1.56. The number of nitrogens with zero attached hydrogens (tertiary/aromatic N) is 4. The highest BCUT2D eigenvalue weighted by atomic mass is 19.3. The molecule has 8 heteroatoms. The number of likely N-dealkylation sites (tertiary alicyclic amines) is 1. The monoisotopic (exact) mass is 290 g/mol. The van der Waals surface area contributed by atoms with Crippen molar-refractivity contribution in [1.82, 2.24) is 4.90 Å². The first-order chi connectivity index (χ1) is 9.15. The first-order valence-electron chi connectivity index (χ1n) is 6.52. The van der Waals surface area contributed by atoms with Gasteiger partial charge >= 0.3 is 6.09 Å². The molecule has 1 amide bonds. The standard InChI is InChI=1S/C12H20F2N4O2/c1-11(2,3)20-10(19)18-7-5-9(4-6-16-17-15)12(13,14)8-18/h9H,4-8H2,1-3H3. The van der Waals surface area contributed by atoms with E-state index in [9.17, 15) is 13.6 Å². The van der Waals surface area contributed by atoms with Gasteiger partial charge in [-0.05, 0) is 39.1 Å². The fourth-order valence-corrected chi connectivity index (χ4v) is 2.08. The molecule has 20 heavy (non-hydrogen) atoms. The Morgan fingerprint density at radius 3 is 2.70 bits per heavy atom. The summed E-state index contributed by atoms with van der Waals surface area (Å²) in [4.78, 5) is 15.4. The molecule has 0 radical (unpaired) electrons. The van der Waals surface area contributed by atoms with Crippen molar-refractivity contribution in [2.24, 2.45) is 11.0 Å². The predicted octanol–water partition coefficient (Wildman–Crippen LogP) is 3.58. The Morgan fingerprint density at radius 1 is 1.55 bits per heavy atom. The third kappa shape index (κ3) is 4.85. The van der Waals surface area contributed by atoms with Crippen molar-refractivity contribution in [3.8, 4) is 0 Å². The molecule has 1 rings (SSSR count). The minimum Gasteiger partial charge on any atom is -0.444 e. The van der Waals surface area contributed by atoms with Crippen LogP contribution in [-0.2, 0) is 4.74 Å². The number of rotatable bonds is 3. The molecule has 0 spiro atoms. The van der Waals surface area contributed by atoms with Crippen LogP contribution in [0.15, 0.2) is 5.11 Å². The Kier molecular flexibility index (Phi) is 5.16. The zero-order valence-corrected chi connectivity index (χ0v) is 12.0. The van der Waals surface area contributed by atoms with Crippen LogP contribution in [0, 0.1) is 5.92 Å². The maximum atomic E-state index is 14.0. The molecule has 0 aliphatic carbocycles. The molecule has 0 N–H and O–H groups in total. The number of alkyl halides is 2. The molecular formula is C12H20F2N4O2. The van der Waals surface area contributed by atoms with Crippen molar-refractivity contribution in [2.75, 3.05) is 19.6 Å². The topological polar surface area (TPSA) is 78.3 Å². The lowest BCUT2D eigenvalue weighted by atomic mass is 9.90. The molecule has 1 aliphatic rings. The molecule has 0 saturated carbocycles. The fourth-order valence-electron chi connectivity index (χ4n) is 2.08. The average Bonchev–Trinajstić information content (AvgIpc) is 2.28. The van der Waals surface area contributed by atoms with E-state index in [4.69, 9.17) is 10.3 Å². The van der Waals surface area contributed by atoms with Gasteiger partial charge in [0.1, 0.15) is 5.60 Å². The van der Waals surface area contributed by atoms with Gasteiger partial charge in [-0.2, -0.15) is 0 Å². The number of hydrogen-bond acceptors (Lipinski definition) is 3. The highest BCUT2D eigenvalue weighted by molar-refractivity contribution is 5.68. The lowest BCUT2D eigenvalue weighted by Crippen LogP contribution is -2.52. The molecule has 1 unspecified atom stereocenters. The maximum Gasteiger partial charge on any atom is 0.410 e. The molecule has 6 nitrogen and oxygen atoms in total. The summed E-state index contributed by atoms with van der Waals surface area (Å²) in [6, 6.07) is 0. The average molecular weight is 290 g/mol. The summed E-state index contributed by atoms with van der Waals surface area (Å²) in [5.74, 6) is -3.85. The van der Waals surface area contributed by atoms with Gasteiger partial charge in [-0.15, -0.1) is 0 Å². The third-order valence-electron chi connectivity index (χ3n) is 3.04. The zero-order valence-electron chi connectivity index (χ0n) is 12.0. The van der Waals surface area contributed by atoms with Crippen LogP contribution in [0.2, 0.25) is 0 Å². The SMILES string of the molecule is CC(C)(C)OC(=O)N1CCC(CCN=[N+]=[N-])C(F)(F)C1. The Bertz CT molecular complexity index is 403. The van der Waals surface area contributed by atoms with Crippen LogP contribution in [0.25, 0.3) is 10.4 Å². The summed E-state index contributed by atoms with van der Waals surface area (Å²) < 4.78 is 33.0. The van der Waals surface area contributed by atoms with Gasteiger partial charge < -0.3 is 9.64 Å². The molecule has 0 bridgehead atoms. The first-order valence-corrected chi connectivity index (χ1v) is 6.52. The van der Waals surface area contributed by atoms with Crippen LogP contribution in [0.4, 0.5) is 13.6 Å². The number of halogens is 2. The van der Waals surface area contributed by atoms with Crippen LogP contribution in [0.1, 0.15) is 33.6 Å². The van der Waals surface area contributed by atoms with E-state index in [0.29, 0.717) is 0 Å². The fraction of sp³-hybridized carbons (Fsp3) is 0.917. The molecule has 0 aromatic carbocycles. The quantitative estimate of drug-likeness (QED) is 0.452. The van der Waals surface area contributed by atoms with Crippen molar-refractivity contribution in [1.29, 1.82) is 0 Å². The van der Waals surface area contributed by atoms with Crippen molar-refractivity contribution in [2.45, 2.75) is 45.1 Å². The van der Waals surface area contributed by atoms with E-state index in [2.05, 4.69) is 10.0 Å². The van der Waals surface area contributed by atoms with Crippen molar-refractivity contribution < 1.29 is 18.3 Å². The second-order valence-electron chi connectivity index (χ2n) is 5.89. The molecule has 1 fully saturated rings. The Morgan fingerprint density at radius 2 is 2.20 bits per heavy atom. The number of ether oxygens (including phenoxy) is 1. The molecule has 0 aromatic heterocycles. The Balaban J connectivity index is 2.59. The van der Waals surface area contributed by atoms with E-state index in [-0.39, 0.29) is 25.9 Å². The number of amides is 1. The normalized spacial score (nSPS) is 22.1. The van der Waals surface area contributed by atoms with E-state index >= 15 is 0 Å². The molecule has 1 heterocycles. The van der Waals surface area contributed by atoms with E-state index in [1.165, 1.54) is 0 Å².